The monoisotopic (exact) mass is 499 g/mol. The molecule has 0 aliphatic carbocycles. The summed E-state index contributed by atoms with van der Waals surface area (Å²) in [5.41, 5.74) is 8.36. The highest BCUT2D eigenvalue weighted by atomic mass is 32.2. The van der Waals surface area contributed by atoms with Gasteiger partial charge < -0.3 is 4.57 Å². The molecule has 0 saturated carbocycles. The van der Waals surface area contributed by atoms with Crippen molar-refractivity contribution in [3.63, 3.8) is 0 Å². The van der Waals surface area contributed by atoms with Crippen molar-refractivity contribution in [3.8, 4) is 0 Å². The van der Waals surface area contributed by atoms with Crippen LogP contribution in [0.4, 0.5) is 0 Å². The molecule has 182 valence electrons. The Balaban J connectivity index is 1.33. The lowest BCUT2D eigenvalue weighted by atomic mass is 10.1. The molecular weight excluding hydrogens is 474 g/mol. The number of thioether (sulfide) groups is 1. The molecule has 8 nitrogen and oxygen atoms in total. The van der Waals surface area contributed by atoms with Gasteiger partial charge in [0.05, 0.1) is 6.54 Å². The predicted molar refractivity (Wildman–Crippen MR) is 139 cm³/mol. The van der Waals surface area contributed by atoms with Crippen LogP contribution in [0.3, 0.4) is 0 Å². The van der Waals surface area contributed by atoms with Crippen molar-refractivity contribution in [1.29, 1.82) is 0 Å². The normalized spacial score (nSPS) is 10.6. The molecule has 2 amide bonds. The fourth-order valence-corrected chi connectivity index (χ4v) is 4.43. The second-order valence-electron chi connectivity index (χ2n) is 8.17. The fraction of sp³-hybridized carbons (Fsp3) is 0.148. The van der Waals surface area contributed by atoms with Gasteiger partial charge in [0.25, 0.3) is 17.4 Å². The van der Waals surface area contributed by atoms with Gasteiger partial charge in [-0.15, -0.1) is 0 Å². The Morgan fingerprint density at radius 1 is 0.833 bits per heavy atom. The number of carbonyl (C=O) groups is 2. The molecule has 0 radical (unpaired) electrons. The molecule has 0 spiro atoms. The third-order valence-electron chi connectivity index (χ3n) is 5.30. The van der Waals surface area contributed by atoms with Crippen LogP contribution in [-0.4, -0.2) is 26.3 Å². The summed E-state index contributed by atoms with van der Waals surface area (Å²) in [4.78, 5) is 46.7. The molecule has 2 heterocycles. The van der Waals surface area contributed by atoms with Crippen LogP contribution in [0.15, 0.2) is 88.9 Å². The average molecular weight is 500 g/mol. The number of nitrogens with one attached hydrogen (secondary N) is 2. The summed E-state index contributed by atoms with van der Waals surface area (Å²) in [6.45, 7) is 4.21. The predicted octanol–water partition coefficient (Wildman–Crippen LogP) is 3.67. The van der Waals surface area contributed by atoms with Gasteiger partial charge in [0, 0.05) is 28.9 Å². The molecule has 0 aliphatic rings. The van der Waals surface area contributed by atoms with Crippen LogP contribution in [0.5, 0.6) is 0 Å². The first-order valence-corrected chi connectivity index (χ1v) is 12.3. The molecule has 0 atom stereocenters. The SMILES string of the molecule is Cc1cc(C)nc(SCc2ccc(C(=O)NNC(=O)c3cccn(Cc4ccccc4)c3=O)cc2)n1. The molecule has 0 aliphatic heterocycles. The fourth-order valence-electron chi connectivity index (χ4n) is 3.53. The summed E-state index contributed by atoms with van der Waals surface area (Å²) in [7, 11) is 0. The second-order valence-corrected chi connectivity index (χ2v) is 9.11. The van der Waals surface area contributed by atoms with Gasteiger partial charge in [-0.2, -0.15) is 0 Å². The lowest BCUT2D eigenvalue weighted by Crippen LogP contribution is -2.44. The third kappa shape index (κ3) is 6.45. The lowest BCUT2D eigenvalue weighted by molar-refractivity contribution is 0.0845. The van der Waals surface area contributed by atoms with E-state index in [0.717, 1.165) is 22.5 Å². The molecule has 4 aromatic rings. The summed E-state index contributed by atoms with van der Waals surface area (Å²) in [5.74, 6) is -0.511. The molecule has 2 N–H and O–H groups in total. The zero-order valence-corrected chi connectivity index (χ0v) is 20.7. The number of rotatable bonds is 7. The van der Waals surface area contributed by atoms with E-state index < -0.39 is 17.4 Å². The highest BCUT2D eigenvalue weighted by Crippen LogP contribution is 2.20. The number of carbonyl (C=O) groups excluding carboxylic acids is 2. The van der Waals surface area contributed by atoms with Crippen LogP contribution in [0.2, 0.25) is 0 Å². The van der Waals surface area contributed by atoms with Crippen molar-refractivity contribution >= 4 is 23.6 Å². The Morgan fingerprint density at radius 3 is 2.19 bits per heavy atom. The van der Waals surface area contributed by atoms with Crippen LogP contribution >= 0.6 is 11.8 Å². The zero-order valence-electron chi connectivity index (χ0n) is 19.9. The summed E-state index contributed by atoms with van der Waals surface area (Å²) < 4.78 is 1.45. The van der Waals surface area contributed by atoms with Crippen molar-refractivity contribution in [1.82, 2.24) is 25.4 Å². The van der Waals surface area contributed by atoms with Crippen LogP contribution in [0, 0.1) is 13.8 Å². The van der Waals surface area contributed by atoms with E-state index in [2.05, 4.69) is 20.8 Å². The number of nitrogens with zero attached hydrogens (tertiary/aromatic N) is 3. The first-order valence-electron chi connectivity index (χ1n) is 11.3. The number of amides is 2. The van der Waals surface area contributed by atoms with Gasteiger partial charge in [-0.1, -0.05) is 54.2 Å². The average Bonchev–Trinajstić information content (AvgIpc) is 2.87. The maximum absolute atomic E-state index is 12.7. The van der Waals surface area contributed by atoms with Gasteiger partial charge in [0.2, 0.25) is 0 Å². The van der Waals surface area contributed by atoms with Gasteiger partial charge in [-0.25, -0.2) is 9.97 Å². The molecular formula is C27H25N5O3S. The Hall–Kier alpha value is -4.24. The topological polar surface area (TPSA) is 106 Å². The van der Waals surface area contributed by atoms with E-state index in [1.807, 2.05) is 62.4 Å². The second kappa shape index (κ2) is 11.5. The molecule has 2 aromatic heterocycles. The minimum absolute atomic E-state index is 0.0605. The van der Waals surface area contributed by atoms with Gasteiger partial charge in [-0.3, -0.25) is 25.2 Å². The van der Waals surface area contributed by atoms with Gasteiger partial charge in [-0.05, 0) is 55.3 Å². The number of aryl methyl sites for hydroxylation is 2. The van der Waals surface area contributed by atoms with E-state index >= 15 is 0 Å². The number of hydrazine groups is 1. The summed E-state index contributed by atoms with van der Waals surface area (Å²) in [6, 6.07) is 21.5. The minimum atomic E-state index is -0.683. The molecule has 0 bridgehead atoms. The number of hydrogen-bond acceptors (Lipinski definition) is 6. The summed E-state index contributed by atoms with van der Waals surface area (Å²) in [5, 5.41) is 0.709. The zero-order chi connectivity index (χ0) is 25.5. The smallest absolute Gasteiger partial charge is 0.275 e. The van der Waals surface area contributed by atoms with E-state index in [-0.39, 0.29) is 5.56 Å². The van der Waals surface area contributed by atoms with Crippen molar-refractivity contribution in [2.24, 2.45) is 0 Å². The first-order chi connectivity index (χ1) is 17.4. The molecule has 0 fully saturated rings. The van der Waals surface area contributed by atoms with Gasteiger partial charge in [0.1, 0.15) is 5.56 Å². The van der Waals surface area contributed by atoms with Crippen molar-refractivity contribution in [2.75, 3.05) is 0 Å². The molecule has 9 heteroatoms. The van der Waals surface area contributed by atoms with Crippen LogP contribution < -0.4 is 16.4 Å². The highest BCUT2D eigenvalue weighted by Gasteiger charge is 2.14. The lowest BCUT2D eigenvalue weighted by Gasteiger charge is -2.10. The maximum atomic E-state index is 12.7. The Bertz CT molecular complexity index is 1420. The van der Waals surface area contributed by atoms with E-state index in [9.17, 15) is 14.4 Å². The third-order valence-corrected chi connectivity index (χ3v) is 6.21. The van der Waals surface area contributed by atoms with E-state index in [4.69, 9.17) is 0 Å². The van der Waals surface area contributed by atoms with Crippen LogP contribution in [0.1, 0.15) is 43.2 Å². The number of aromatic nitrogens is 3. The minimum Gasteiger partial charge on any atom is -0.310 e. The van der Waals surface area contributed by atoms with Crippen LogP contribution in [0.25, 0.3) is 0 Å². The van der Waals surface area contributed by atoms with E-state index in [1.165, 1.54) is 22.4 Å². The molecule has 36 heavy (non-hydrogen) atoms. The number of pyridine rings is 1. The maximum Gasteiger partial charge on any atom is 0.275 e. The highest BCUT2D eigenvalue weighted by molar-refractivity contribution is 7.98. The number of hydrogen-bond donors (Lipinski definition) is 2. The summed E-state index contributed by atoms with van der Waals surface area (Å²) >= 11 is 1.52. The van der Waals surface area contributed by atoms with Crippen molar-refractivity contribution in [2.45, 2.75) is 31.3 Å². The van der Waals surface area contributed by atoms with Crippen molar-refractivity contribution < 1.29 is 9.59 Å². The standard InChI is InChI=1S/C27H25N5O3S/c1-18-15-19(2)29-27(28-18)36-17-21-10-12-22(13-11-21)24(33)30-31-25(34)23-9-6-14-32(26(23)35)16-20-7-4-3-5-8-20/h3-15H,16-17H2,1-2H3,(H,30,33)(H,31,34). The first kappa shape index (κ1) is 24.9. The Kier molecular flexibility index (Phi) is 7.92. The molecule has 4 rings (SSSR count). The van der Waals surface area contributed by atoms with Crippen molar-refractivity contribution in [3.05, 3.63) is 123 Å². The van der Waals surface area contributed by atoms with Gasteiger partial charge >= 0.3 is 0 Å². The molecule has 2 aromatic carbocycles. The molecule has 0 unspecified atom stereocenters. The largest absolute Gasteiger partial charge is 0.310 e. The van der Waals surface area contributed by atoms with E-state index in [0.29, 0.717) is 23.0 Å². The summed E-state index contributed by atoms with van der Waals surface area (Å²) in [6.07, 6.45) is 1.62. The van der Waals surface area contributed by atoms with Gasteiger partial charge in [0.15, 0.2) is 5.16 Å². The Labute approximate surface area is 212 Å². The quantitative estimate of drug-likeness (QED) is 0.228. The Morgan fingerprint density at radius 2 is 1.50 bits per heavy atom. The number of benzene rings is 2. The molecule has 0 saturated heterocycles. The van der Waals surface area contributed by atoms with E-state index in [1.54, 1.807) is 24.4 Å². The van der Waals surface area contributed by atoms with Crippen LogP contribution in [-0.2, 0) is 12.3 Å².